The van der Waals surface area contributed by atoms with Gasteiger partial charge in [0, 0.05) is 84.9 Å². The zero-order valence-electron chi connectivity index (χ0n) is 25.1. The van der Waals surface area contributed by atoms with Gasteiger partial charge in [-0.2, -0.15) is 5.10 Å². The molecule has 2 saturated heterocycles. The highest BCUT2D eigenvalue weighted by Gasteiger charge is 2.54. The summed E-state index contributed by atoms with van der Waals surface area (Å²) in [6, 6.07) is 2.17. The van der Waals surface area contributed by atoms with E-state index in [9.17, 15) is 9.59 Å². The summed E-state index contributed by atoms with van der Waals surface area (Å²) >= 11 is 7.01. The van der Waals surface area contributed by atoms with Gasteiger partial charge in [-0.25, -0.2) is 0 Å². The van der Waals surface area contributed by atoms with Gasteiger partial charge in [0.2, 0.25) is 11.8 Å². The second kappa shape index (κ2) is 10.2. The summed E-state index contributed by atoms with van der Waals surface area (Å²) in [6.07, 6.45) is 6.20. The summed E-state index contributed by atoms with van der Waals surface area (Å²) in [5.41, 5.74) is 10.9. The molecule has 2 aromatic rings. The molecule has 3 N–H and O–H groups in total. The topological polar surface area (TPSA) is 112 Å². The lowest BCUT2D eigenvalue weighted by atomic mass is 9.60. The average molecular weight is 580 g/mol. The molecule has 0 radical (unpaired) electrons. The lowest BCUT2D eigenvalue weighted by Crippen LogP contribution is -2.63. The molecule has 220 valence electrons. The molecule has 3 fully saturated rings. The van der Waals surface area contributed by atoms with Crippen molar-refractivity contribution in [1.29, 1.82) is 5.41 Å². The molecule has 1 unspecified atom stereocenters. The molecule has 0 bridgehead atoms. The van der Waals surface area contributed by atoms with E-state index < -0.39 is 0 Å². The standard InChI is InChI=1S/C31H42ClN7O2/c1-8-25(41)37-16-31(17-37)13-22(14-31)39-19(3)26(27-23(15-33)24(34)11-18(2)28(27)32)29(35-39)38-10-9-21(12-30(38,5)6)36(7)20(4)40/h8,11,15,21-22,33H,1,9-10,12-14,16-17,34H2,2-7H3. The lowest BCUT2D eigenvalue weighted by molar-refractivity contribution is -0.149. The Hall–Kier alpha value is -3.33. The number of nitrogens with two attached hydrogens (primary N) is 1. The third-order valence-electron chi connectivity index (χ3n) is 9.72. The minimum Gasteiger partial charge on any atom is -0.398 e. The number of carbonyl (C=O) groups is 2. The fourth-order valence-electron chi connectivity index (χ4n) is 7.34. The van der Waals surface area contributed by atoms with E-state index in [4.69, 9.17) is 27.8 Å². The van der Waals surface area contributed by atoms with Gasteiger partial charge in [-0.05, 0) is 71.1 Å². The number of nitrogen functional groups attached to an aromatic ring is 1. The minimum atomic E-state index is -0.292. The second-order valence-electron chi connectivity index (χ2n) is 13.0. The molecule has 3 heterocycles. The number of piperidine rings is 1. The van der Waals surface area contributed by atoms with Gasteiger partial charge in [0.1, 0.15) is 0 Å². The Morgan fingerprint density at radius 3 is 2.44 bits per heavy atom. The quantitative estimate of drug-likeness (QED) is 0.285. The van der Waals surface area contributed by atoms with Gasteiger partial charge in [0.15, 0.2) is 5.82 Å². The van der Waals surface area contributed by atoms with Crippen molar-refractivity contribution in [3.05, 3.63) is 40.6 Å². The molecule has 3 aliphatic rings. The van der Waals surface area contributed by atoms with Crippen LogP contribution < -0.4 is 10.6 Å². The van der Waals surface area contributed by atoms with Crippen LogP contribution >= 0.6 is 11.6 Å². The molecule has 1 spiro atoms. The predicted octanol–water partition coefficient (Wildman–Crippen LogP) is 4.98. The van der Waals surface area contributed by atoms with Crippen LogP contribution in [0.1, 0.15) is 69.3 Å². The number of aromatic nitrogens is 2. The maximum absolute atomic E-state index is 12.2. The maximum atomic E-state index is 12.2. The Balaban J connectivity index is 1.57. The van der Waals surface area contributed by atoms with Gasteiger partial charge in [-0.1, -0.05) is 18.2 Å². The summed E-state index contributed by atoms with van der Waals surface area (Å²) < 4.78 is 2.14. The van der Waals surface area contributed by atoms with E-state index in [1.165, 1.54) is 12.3 Å². The number of rotatable bonds is 6. The molecule has 1 saturated carbocycles. The molecular weight excluding hydrogens is 538 g/mol. The van der Waals surface area contributed by atoms with Crippen LogP contribution in [0.25, 0.3) is 11.1 Å². The van der Waals surface area contributed by atoms with Gasteiger partial charge in [-0.15, -0.1) is 0 Å². The molecule has 2 aliphatic heterocycles. The zero-order valence-corrected chi connectivity index (χ0v) is 25.8. The van der Waals surface area contributed by atoms with Crippen molar-refractivity contribution in [2.24, 2.45) is 5.41 Å². The van der Waals surface area contributed by atoms with Gasteiger partial charge in [0.05, 0.1) is 11.1 Å². The average Bonchev–Trinajstić information content (AvgIpc) is 3.18. The molecule has 5 rings (SSSR count). The molecular formula is C31H42ClN7O2. The number of hydrogen-bond acceptors (Lipinski definition) is 6. The van der Waals surface area contributed by atoms with E-state index in [-0.39, 0.29) is 34.9 Å². The molecule has 2 amide bonds. The number of anilines is 2. The van der Waals surface area contributed by atoms with Crippen molar-refractivity contribution >= 4 is 41.1 Å². The van der Waals surface area contributed by atoms with E-state index in [2.05, 4.69) is 36.9 Å². The SMILES string of the molecule is C=CC(=O)N1CC2(CC(n3nc(N4CCC(N(C)C(C)=O)CC4(C)C)c(-c4c(Cl)c(C)cc(N)c4C=N)c3C)C2)C1. The van der Waals surface area contributed by atoms with Crippen LogP contribution in [0.15, 0.2) is 18.7 Å². The first-order chi connectivity index (χ1) is 19.2. The molecule has 10 heteroatoms. The van der Waals surface area contributed by atoms with Gasteiger partial charge in [0.25, 0.3) is 0 Å². The summed E-state index contributed by atoms with van der Waals surface area (Å²) in [5, 5.41) is 14.1. The van der Waals surface area contributed by atoms with Crippen molar-refractivity contribution in [2.45, 2.75) is 77.9 Å². The number of amides is 2. The molecule has 1 atom stereocenters. The first-order valence-electron chi connectivity index (χ1n) is 14.3. The van der Waals surface area contributed by atoms with E-state index >= 15 is 0 Å². The van der Waals surface area contributed by atoms with Crippen molar-refractivity contribution in [3.8, 4) is 11.1 Å². The lowest BCUT2D eigenvalue weighted by Gasteiger charge is -2.58. The van der Waals surface area contributed by atoms with Crippen LogP contribution in [0, 0.1) is 24.7 Å². The number of nitrogens with zero attached hydrogens (tertiary/aromatic N) is 5. The molecule has 41 heavy (non-hydrogen) atoms. The molecule has 1 aromatic heterocycles. The van der Waals surface area contributed by atoms with Crippen molar-refractivity contribution in [2.75, 3.05) is 37.3 Å². The first kappa shape index (κ1) is 29.2. The molecule has 1 aromatic carbocycles. The maximum Gasteiger partial charge on any atom is 0.245 e. The van der Waals surface area contributed by atoms with Crippen LogP contribution in [0.2, 0.25) is 5.02 Å². The number of likely N-dealkylation sites (tertiary alicyclic amines) is 1. The summed E-state index contributed by atoms with van der Waals surface area (Å²) in [7, 11) is 1.88. The Morgan fingerprint density at radius 2 is 1.88 bits per heavy atom. The largest absolute Gasteiger partial charge is 0.398 e. The van der Waals surface area contributed by atoms with Crippen LogP contribution in [-0.4, -0.2) is 75.9 Å². The van der Waals surface area contributed by atoms with Crippen LogP contribution in [0.4, 0.5) is 11.5 Å². The molecule has 1 aliphatic carbocycles. The Morgan fingerprint density at radius 1 is 1.22 bits per heavy atom. The highest BCUT2D eigenvalue weighted by Crippen LogP contribution is 2.56. The number of hydrogen-bond donors (Lipinski definition) is 2. The van der Waals surface area contributed by atoms with E-state index in [1.807, 2.05) is 29.8 Å². The smallest absolute Gasteiger partial charge is 0.245 e. The summed E-state index contributed by atoms with van der Waals surface area (Å²) in [6.45, 7) is 15.9. The van der Waals surface area contributed by atoms with E-state index in [0.29, 0.717) is 16.3 Å². The van der Waals surface area contributed by atoms with E-state index in [0.717, 1.165) is 73.5 Å². The fourth-order valence-corrected chi connectivity index (χ4v) is 7.59. The van der Waals surface area contributed by atoms with Crippen molar-refractivity contribution in [1.82, 2.24) is 19.6 Å². The Labute approximate surface area is 247 Å². The number of nitrogens with one attached hydrogen (secondary N) is 1. The van der Waals surface area contributed by atoms with Gasteiger partial charge >= 0.3 is 0 Å². The Kier molecular flexibility index (Phi) is 7.25. The number of halogens is 1. The number of benzene rings is 1. The highest BCUT2D eigenvalue weighted by atomic mass is 35.5. The Bertz CT molecular complexity index is 1430. The first-order valence-corrected chi connectivity index (χ1v) is 14.7. The summed E-state index contributed by atoms with van der Waals surface area (Å²) in [5.74, 6) is 0.899. The van der Waals surface area contributed by atoms with E-state index in [1.54, 1.807) is 6.92 Å². The third kappa shape index (κ3) is 4.72. The fraction of sp³-hybridized carbons (Fsp3) is 0.548. The van der Waals surface area contributed by atoms with Gasteiger partial charge < -0.3 is 25.8 Å². The second-order valence-corrected chi connectivity index (χ2v) is 13.3. The number of carbonyl (C=O) groups excluding carboxylic acids is 2. The van der Waals surface area contributed by atoms with Gasteiger partial charge in [-0.3, -0.25) is 14.3 Å². The predicted molar refractivity (Wildman–Crippen MR) is 165 cm³/mol. The summed E-state index contributed by atoms with van der Waals surface area (Å²) in [4.78, 5) is 30.2. The van der Waals surface area contributed by atoms with Crippen LogP contribution in [0.3, 0.4) is 0 Å². The number of aryl methyl sites for hydroxylation is 1. The van der Waals surface area contributed by atoms with Crippen LogP contribution in [0.5, 0.6) is 0 Å². The van der Waals surface area contributed by atoms with Crippen molar-refractivity contribution < 1.29 is 9.59 Å². The van der Waals surface area contributed by atoms with Crippen LogP contribution in [-0.2, 0) is 9.59 Å². The monoisotopic (exact) mass is 579 g/mol. The van der Waals surface area contributed by atoms with Crippen molar-refractivity contribution in [3.63, 3.8) is 0 Å². The zero-order chi connectivity index (χ0) is 30.0. The minimum absolute atomic E-state index is 0.00850. The molecule has 9 nitrogen and oxygen atoms in total. The normalized spacial score (nSPS) is 21.3. The highest BCUT2D eigenvalue weighted by molar-refractivity contribution is 6.35. The third-order valence-corrected chi connectivity index (χ3v) is 10.2.